The number of hydrogen-bond donors (Lipinski definition) is 2. The largest absolute Gasteiger partial charge is 0.353 e. The number of piperidine rings is 1. The van der Waals surface area contributed by atoms with Crippen LogP contribution in [0.3, 0.4) is 0 Å². The third-order valence-corrected chi connectivity index (χ3v) is 6.76. The fourth-order valence-corrected chi connectivity index (χ4v) is 4.84. The molecule has 3 heterocycles. The molecule has 0 bridgehead atoms. The summed E-state index contributed by atoms with van der Waals surface area (Å²) >= 11 is 1.43. The Hall–Kier alpha value is -2.67. The van der Waals surface area contributed by atoms with Gasteiger partial charge < -0.3 is 10.2 Å². The molecule has 0 radical (unpaired) electrons. The summed E-state index contributed by atoms with van der Waals surface area (Å²) < 4.78 is 0.643. The molecule has 150 valence electrons. The molecule has 1 aliphatic heterocycles. The molecule has 1 aromatic carbocycles. The first-order valence-electron chi connectivity index (χ1n) is 10.2. The second-order valence-electron chi connectivity index (χ2n) is 8.15. The van der Waals surface area contributed by atoms with Crippen LogP contribution in [0, 0.1) is 12.8 Å². The minimum Gasteiger partial charge on any atom is -0.353 e. The number of amides is 1. The number of fused-ring (bicyclic) bond motifs is 1. The maximum absolute atomic E-state index is 12.7. The Balaban J connectivity index is 1.46. The van der Waals surface area contributed by atoms with E-state index >= 15 is 0 Å². The molecule has 1 saturated heterocycles. The second-order valence-corrected chi connectivity index (χ2v) is 9.03. The molecule has 2 fully saturated rings. The molecule has 5 rings (SSSR count). The van der Waals surface area contributed by atoms with Gasteiger partial charge in [-0.15, -0.1) is 11.3 Å². The van der Waals surface area contributed by atoms with E-state index in [0.29, 0.717) is 23.2 Å². The van der Waals surface area contributed by atoms with E-state index in [1.165, 1.54) is 16.9 Å². The Morgan fingerprint density at radius 3 is 2.79 bits per heavy atom. The maximum Gasteiger partial charge on any atom is 0.270 e. The topological polar surface area (TPSA) is 78.1 Å². The monoisotopic (exact) mass is 408 g/mol. The van der Waals surface area contributed by atoms with Crippen LogP contribution < -0.4 is 15.8 Å². The molecule has 3 aromatic rings. The number of thiophene rings is 1. The highest BCUT2D eigenvalue weighted by molar-refractivity contribution is 7.17. The number of hydrogen-bond acceptors (Lipinski definition) is 5. The lowest BCUT2D eigenvalue weighted by Gasteiger charge is -2.32. The van der Waals surface area contributed by atoms with Crippen LogP contribution in [0.2, 0.25) is 0 Å². The number of H-pyrrole nitrogens is 1. The highest BCUT2D eigenvalue weighted by atomic mass is 32.1. The molecule has 7 heteroatoms. The van der Waals surface area contributed by atoms with Gasteiger partial charge in [-0.2, -0.15) is 0 Å². The first-order valence-corrected chi connectivity index (χ1v) is 11.1. The number of nitrogens with one attached hydrogen (secondary N) is 2. The number of carbonyl (C=O) groups is 1. The molecule has 1 aliphatic carbocycles. The van der Waals surface area contributed by atoms with Crippen molar-refractivity contribution in [2.24, 2.45) is 5.92 Å². The predicted octanol–water partition coefficient (Wildman–Crippen LogP) is 3.46. The van der Waals surface area contributed by atoms with Gasteiger partial charge in [-0.05, 0) is 38.2 Å². The van der Waals surface area contributed by atoms with Gasteiger partial charge in [0.1, 0.15) is 4.70 Å². The number of anilines is 1. The van der Waals surface area contributed by atoms with Crippen molar-refractivity contribution in [2.75, 3.05) is 18.0 Å². The Morgan fingerprint density at radius 1 is 1.24 bits per heavy atom. The molecule has 0 unspecified atom stereocenters. The molecule has 2 aromatic heterocycles. The fourth-order valence-electron chi connectivity index (χ4n) is 3.93. The smallest absolute Gasteiger partial charge is 0.270 e. The fraction of sp³-hybridized carbons (Fsp3) is 0.409. The van der Waals surface area contributed by atoms with E-state index in [9.17, 15) is 9.59 Å². The first kappa shape index (κ1) is 18.4. The van der Waals surface area contributed by atoms with E-state index in [2.05, 4.69) is 46.4 Å². The van der Waals surface area contributed by atoms with Gasteiger partial charge in [-0.3, -0.25) is 14.6 Å². The van der Waals surface area contributed by atoms with Crippen molar-refractivity contribution in [2.45, 2.75) is 38.6 Å². The molecule has 0 spiro atoms. The molecule has 1 saturated carbocycles. The van der Waals surface area contributed by atoms with E-state index in [1.807, 2.05) is 5.38 Å². The standard InChI is InChI=1S/C22H24N4O2S/c1-13-4-6-14(7-5-13)17-12-29-19-18(17)24-22(25-21(19)28)26-10-2-3-15(11-26)20(27)23-16-8-9-16/h4-7,12,15-16H,2-3,8-11H2,1H3,(H,23,27)(H,24,25,28)/t15-/m1/s1. The van der Waals surface area contributed by atoms with Gasteiger partial charge in [-0.25, -0.2) is 4.98 Å². The summed E-state index contributed by atoms with van der Waals surface area (Å²) in [7, 11) is 0. The number of aromatic nitrogens is 2. The van der Waals surface area contributed by atoms with Gasteiger partial charge in [0.15, 0.2) is 0 Å². The van der Waals surface area contributed by atoms with Gasteiger partial charge in [0, 0.05) is 30.1 Å². The van der Waals surface area contributed by atoms with Crippen molar-refractivity contribution >= 4 is 33.4 Å². The summed E-state index contributed by atoms with van der Waals surface area (Å²) in [5, 5.41) is 5.11. The van der Waals surface area contributed by atoms with Crippen molar-refractivity contribution in [1.82, 2.24) is 15.3 Å². The summed E-state index contributed by atoms with van der Waals surface area (Å²) in [5.41, 5.74) is 3.87. The average molecular weight is 409 g/mol. The zero-order valence-corrected chi connectivity index (χ0v) is 17.2. The third-order valence-electron chi connectivity index (χ3n) is 5.79. The maximum atomic E-state index is 12.7. The molecular formula is C22H24N4O2S. The highest BCUT2D eigenvalue weighted by Crippen LogP contribution is 2.32. The number of aromatic amines is 1. The quantitative estimate of drug-likeness (QED) is 0.693. The summed E-state index contributed by atoms with van der Waals surface area (Å²) in [5.74, 6) is 0.652. The molecule has 29 heavy (non-hydrogen) atoms. The van der Waals surface area contributed by atoms with Gasteiger partial charge in [-0.1, -0.05) is 29.8 Å². The van der Waals surface area contributed by atoms with Crippen LogP contribution in [0.1, 0.15) is 31.2 Å². The first-order chi connectivity index (χ1) is 14.1. The Kier molecular flexibility index (Phi) is 4.62. The summed E-state index contributed by atoms with van der Waals surface area (Å²) in [4.78, 5) is 35.1. The summed E-state index contributed by atoms with van der Waals surface area (Å²) in [6.45, 7) is 3.45. The van der Waals surface area contributed by atoms with Crippen LogP contribution in [0.4, 0.5) is 5.95 Å². The van der Waals surface area contributed by atoms with Crippen molar-refractivity contribution in [3.63, 3.8) is 0 Å². The zero-order chi connectivity index (χ0) is 20.0. The van der Waals surface area contributed by atoms with E-state index in [4.69, 9.17) is 4.98 Å². The van der Waals surface area contributed by atoms with Crippen LogP contribution in [-0.2, 0) is 4.79 Å². The van der Waals surface area contributed by atoms with E-state index in [0.717, 1.165) is 48.9 Å². The van der Waals surface area contributed by atoms with Gasteiger partial charge >= 0.3 is 0 Å². The van der Waals surface area contributed by atoms with Crippen LogP contribution in [0.15, 0.2) is 34.4 Å². The SMILES string of the molecule is Cc1ccc(-c2csc3c(=O)[nH]c(N4CCC[C@@H](C(=O)NC5CC5)C4)nc23)cc1. The minimum absolute atomic E-state index is 0.0515. The molecule has 6 nitrogen and oxygen atoms in total. The number of nitrogens with zero attached hydrogens (tertiary/aromatic N) is 2. The van der Waals surface area contributed by atoms with Crippen LogP contribution in [-0.4, -0.2) is 35.0 Å². The normalized spacial score (nSPS) is 19.5. The Bertz CT molecular complexity index is 1110. The zero-order valence-electron chi connectivity index (χ0n) is 16.4. The Morgan fingerprint density at radius 2 is 2.03 bits per heavy atom. The summed E-state index contributed by atoms with van der Waals surface area (Å²) in [6, 6.07) is 8.65. The van der Waals surface area contributed by atoms with Gasteiger partial charge in [0.25, 0.3) is 5.56 Å². The minimum atomic E-state index is -0.113. The lowest BCUT2D eigenvalue weighted by atomic mass is 9.97. The highest BCUT2D eigenvalue weighted by Gasteiger charge is 2.31. The number of rotatable bonds is 4. The number of aryl methyl sites for hydroxylation is 1. The molecule has 2 aliphatic rings. The summed E-state index contributed by atoms with van der Waals surface area (Å²) in [6.07, 6.45) is 3.98. The third kappa shape index (κ3) is 3.67. The van der Waals surface area contributed by atoms with E-state index in [-0.39, 0.29) is 17.4 Å². The van der Waals surface area contributed by atoms with Crippen LogP contribution in [0.5, 0.6) is 0 Å². The van der Waals surface area contributed by atoms with Crippen molar-refractivity contribution in [1.29, 1.82) is 0 Å². The van der Waals surface area contributed by atoms with E-state index in [1.54, 1.807) is 0 Å². The Labute approximate surface area is 173 Å². The van der Waals surface area contributed by atoms with Crippen LogP contribution >= 0.6 is 11.3 Å². The molecular weight excluding hydrogens is 384 g/mol. The van der Waals surface area contributed by atoms with Crippen molar-refractivity contribution in [3.8, 4) is 11.1 Å². The lowest BCUT2D eigenvalue weighted by molar-refractivity contribution is -0.125. The second kappa shape index (κ2) is 7.30. The molecule has 1 amide bonds. The predicted molar refractivity (Wildman–Crippen MR) is 117 cm³/mol. The van der Waals surface area contributed by atoms with Gasteiger partial charge in [0.05, 0.1) is 11.4 Å². The molecule has 2 N–H and O–H groups in total. The molecule has 1 atom stereocenters. The van der Waals surface area contributed by atoms with Crippen molar-refractivity contribution in [3.05, 3.63) is 45.6 Å². The van der Waals surface area contributed by atoms with E-state index < -0.39 is 0 Å². The van der Waals surface area contributed by atoms with Crippen molar-refractivity contribution < 1.29 is 4.79 Å². The number of benzene rings is 1. The average Bonchev–Trinajstić information content (AvgIpc) is 3.44. The number of carbonyl (C=O) groups excluding carboxylic acids is 1. The lowest BCUT2D eigenvalue weighted by Crippen LogP contribution is -2.44. The van der Waals surface area contributed by atoms with Crippen LogP contribution in [0.25, 0.3) is 21.3 Å². The van der Waals surface area contributed by atoms with Gasteiger partial charge in [0.2, 0.25) is 11.9 Å².